The molecule has 0 saturated heterocycles. The van der Waals surface area contributed by atoms with E-state index in [4.69, 9.17) is 4.52 Å². The molecule has 1 aromatic carbocycles. The second-order valence-corrected chi connectivity index (χ2v) is 5.07. The average Bonchev–Trinajstić information content (AvgIpc) is 2.86. The molecule has 0 aliphatic heterocycles. The molecule has 0 spiro atoms. The van der Waals surface area contributed by atoms with Gasteiger partial charge in [0.05, 0.1) is 12.3 Å². The minimum Gasteiger partial charge on any atom is -0.338 e. The summed E-state index contributed by atoms with van der Waals surface area (Å²) in [7, 11) is 0. The molecule has 1 N–H and O–H groups in total. The summed E-state index contributed by atoms with van der Waals surface area (Å²) in [6.07, 6.45) is 1.07. The zero-order chi connectivity index (χ0) is 13.5. The Bertz CT molecular complexity index is 501. The van der Waals surface area contributed by atoms with Crippen LogP contribution in [0.5, 0.6) is 0 Å². The van der Waals surface area contributed by atoms with E-state index in [1.807, 2.05) is 0 Å². The van der Waals surface area contributed by atoms with Gasteiger partial charge in [-0.1, -0.05) is 12.1 Å². The van der Waals surface area contributed by atoms with Gasteiger partial charge < -0.3 is 9.84 Å². The Morgan fingerprint density at radius 1 is 1.32 bits per heavy atom. The number of hydrogen-bond donors (Lipinski definition) is 1. The first-order valence-electron chi connectivity index (χ1n) is 6.18. The van der Waals surface area contributed by atoms with Crippen LogP contribution >= 0.6 is 11.8 Å². The predicted molar refractivity (Wildman–Crippen MR) is 72.3 cm³/mol. The second kappa shape index (κ2) is 7.25. The molecule has 4 nitrogen and oxygen atoms in total. The number of thioether (sulfide) groups is 1. The van der Waals surface area contributed by atoms with Gasteiger partial charge in [0.25, 0.3) is 0 Å². The number of halogens is 1. The molecule has 0 amide bonds. The minimum atomic E-state index is -0.229. The van der Waals surface area contributed by atoms with Crippen LogP contribution in [0.25, 0.3) is 0 Å². The third-order valence-corrected chi connectivity index (χ3v) is 3.40. The van der Waals surface area contributed by atoms with Crippen molar-refractivity contribution >= 4 is 11.8 Å². The summed E-state index contributed by atoms with van der Waals surface area (Å²) >= 11 is 1.55. The van der Waals surface area contributed by atoms with Gasteiger partial charge in [0, 0.05) is 4.90 Å². The van der Waals surface area contributed by atoms with Crippen molar-refractivity contribution < 1.29 is 8.91 Å². The lowest BCUT2D eigenvalue weighted by Gasteiger charge is -1.97. The minimum absolute atomic E-state index is 0.229. The van der Waals surface area contributed by atoms with E-state index in [-0.39, 0.29) is 5.82 Å². The molecule has 0 unspecified atom stereocenters. The average molecular weight is 281 g/mol. The lowest BCUT2D eigenvalue weighted by Crippen LogP contribution is -2.13. The van der Waals surface area contributed by atoms with Crippen molar-refractivity contribution in [1.82, 2.24) is 15.5 Å². The Morgan fingerprint density at radius 3 is 2.84 bits per heavy atom. The van der Waals surface area contributed by atoms with E-state index in [1.165, 1.54) is 12.1 Å². The van der Waals surface area contributed by atoms with E-state index in [0.717, 1.165) is 17.9 Å². The fraction of sp³-hybridized carbons (Fsp3) is 0.385. The maximum absolute atomic E-state index is 12.7. The van der Waals surface area contributed by atoms with Gasteiger partial charge in [0.15, 0.2) is 5.82 Å². The quantitative estimate of drug-likeness (QED) is 0.624. The first-order valence-corrected chi connectivity index (χ1v) is 7.17. The second-order valence-electron chi connectivity index (χ2n) is 4.02. The van der Waals surface area contributed by atoms with Crippen LogP contribution in [-0.4, -0.2) is 16.7 Å². The highest BCUT2D eigenvalue weighted by molar-refractivity contribution is 7.98. The predicted octanol–water partition coefficient (Wildman–Crippen LogP) is 3.00. The normalized spacial score (nSPS) is 10.8. The molecule has 2 rings (SSSR count). The number of rotatable bonds is 7. The van der Waals surface area contributed by atoms with Gasteiger partial charge in [-0.15, -0.1) is 11.8 Å². The third kappa shape index (κ3) is 4.65. The Labute approximate surface area is 115 Å². The topological polar surface area (TPSA) is 51.0 Å². The maximum atomic E-state index is 12.7. The highest BCUT2D eigenvalue weighted by Gasteiger charge is 2.06. The molecule has 0 bridgehead atoms. The van der Waals surface area contributed by atoms with Crippen LogP contribution in [0, 0.1) is 5.82 Å². The van der Waals surface area contributed by atoms with Gasteiger partial charge in [-0.05, 0) is 37.2 Å². The summed E-state index contributed by atoms with van der Waals surface area (Å²) in [6.45, 7) is 3.63. The first-order chi connectivity index (χ1) is 9.28. The Morgan fingerprint density at radius 2 is 2.11 bits per heavy atom. The van der Waals surface area contributed by atoms with Crippen LogP contribution in [-0.2, 0) is 12.3 Å². The Kier molecular flexibility index (Phi) is 5.35. The fourth-order valence-electron chi connectivity index (χ4n) is 1.47. The smallest absolute Gasteiger partial charge is 0.240 e. The van der Waals surface area contributed by atoms with E-state index in [9.17, 15) is 4.39 Å². The van der Waals surface area contributed by atoms with Crippen molar-refractivity contribution in [3.63, 3.8) is 0 Å². The van der Waals surface area contributed by atoms with Crippen molar-refractivity contribution in [3.8, 4) is 0 Å². The number of nitrogens with one attached hydrogen (secondary N) is 1. The van der Waals surface area contributed by atoms with Crippen LogP contribution in [0.15, 0.2) is 33.7 Å². The molecule has 1 heterocycles. The number of benzene rings is 1. The summed E-state index contributed by atoms with van der Waals surface area (Å²) in [5.41, 5.74) is 0. The summed E-state index contributed by atoms with van der Waals surface area (Å²) < 4.78 is 17.9. The molecule has 0 radical (unpaired) electrons. The maximum Gasteiger partial charge on any atom is 0.240 e. The molecular weight excluding hydrogens is 265 g/mol. The lowest BCUT2D eigenvalue weighted by atomic mass is 10.4. The van der Waals surface area contributed by atoms with Gasteiger partial charge in [0.2, 0.25) is 5.89 Å². The monoisotopic (exact) mass is 281 g/mol. The van der Waals surface area contributed by atoms with E-state index in [1.54, 1.807) is 23.9 Å². The van der Waals surface area contributed by atoms with Gasteiger partial charge >= 0.3 is 0 Å². The summed E-state index contributed by atoms with van der Waals surface area (Å²) in [5.74, 6) is 1.64. The summed E-state index contributed by atoms with van der Waals surface area (Å²) in [4.78, 5) is 5.26. The number of nitrogens with zero attached hydrogens (tertiary/aromatic N) is 2. The molecule has 0 fully saturated rings. The molecule has 0 saturated carbocycles. The van der Waals surface area contributed by atoms with Crippen molar-refractivity contribution in [2.75, 3.05) is 6.54 Å². The molecule has 2 aromatic rings. The molecule has 0 atom stereocenters. The first kappa shape index (κ1) is 14.0. The van der Waals surface area contributed by atoms with E-state index in [0.29, 0.717) is 24.0 Å². The van der Waals surface area contributed by atoms with Gasteiger partial charge in [-0.25, -0.2) is 4.39 Å². The molecular formula is C13H16FN3OS. The molecule has 0 aliphatic carbocycles. The van der Waals surface area contributed by atoms with E-state index in [2.05, 4.69) is 22.4 Å². The Hall–Kier alpha value is -1.40. The SMILES string of the molecule is CCCNCc1nc(CSc2ccc(F)cc2)no1. The van der Waals surface area contributed by atoms with Crippen molar-refractivity contribution in [2.24, 2.45) is 0 Å². The van der Waals surface area contributed by atoms with Crippen LogP contribution in [0.4, 0.5) is 4.39 Å². The van der Waals surface area contributed by atoms with Crippen LogP contribution < -0.4 is 5.32 Å². The van der Waals surface area contributed by atoms with Crippen molar-refractivity contribution in [1.29, 1.82) is 0 Å². The van der Waals surface area contributed by atoms with Gasteiger partial charge in [-0.2, -0.15) is 4.98 Å². The number of aromatic nitrogens is 2. The third-order valence-electron chi connectivity index (χ3n) is 2.39. The molecule has 6 heteroatoms. The van der Waals surface area contributed by atoms with Gasteiger partial charge in [0.1, 0.15) is 5.82 Å². The van der Waals surface area contributed by atoms with Crippen LogP contribution in [0.3, 0.4) is 0 Å². The standard InChI is InChI=1S/C13H16FN3OS/c1-2-7-15-8-13-16-12(17-18-13)9-19-11-5-3-10(14)4-6-11/h3-6,15H,2,7-9H2,1H3. The fourth-order valence-corrected chi connectivity index (χ4v) is 2.21. The zero-order valence-electron chi connectivity index (χ0n) is 10.7. The molecule has 0 aliphatic rings. The van der Waals surface area contributed by atoms with Crippen LogP contribution in [0.1, 0.15) is 25.1 Å². The highest BCUT2D eigenvalue weighted by Crippen LogP contribution is 2.21. The van der Waals surface area contributed by atoms with Crippen molar-refractivity contribution in [3.05, 3.63) is 41.8 Å². The molecule has 102 valence electrons. The van der Waals surface area contributed by atoms with Crippen LogP contribution in [0.2, 0.25) is 0 Å². The van der Waals surface area contributed by atoms with E-state index >= 15 is 0 Å². The lowest BCUT2D eigenvalue weighted by molar-refractivity contribution is 0.364. The van der Waals surface area contributed by atoms with E-state index < -0.39 is 0 Å². The molecule has 1 aromatic heterocycles. The molecule has 19 heavy (non-hydrogen) atoms. The Balaban J connectivity index is 1.81. The van der Waals surface area contributed by atoms with Gasteiger partial charge in [-0.3, -0.25) is 0 Å². The zero-order valence-corrected chi connectivity index (χ0v) is 11.5. The largest absolute Gasteiger partial charge is 0.338 e. The number of hydrogen-bond acceptors (Lipinski definition) is 5. The van der Waals surface area contributed by atoms with Crippen molar-refractivity contribution in [2.45, 2.75) is 30.5 Å². The highest BCUT2D eigenvalue weighted by atomic mass is 32.2. The summed E-state index contributed by atoms with van der Waals surface area (Å²) in [5, 5.41) is 7.11. The summed E-state index contributed by atoms with van der Waals surface area (Å²) in [6, 6.07) is 6.37.